The molecule has 3 amide bonds. The first-order chi connectivity index (χ1) is 25.3. The van der Waals surface area contributed by atoms with Gasteiger partial charge in [0.05, 0.1) is 36.6 Å². The molecule has 0 aromatic heterocycles. The molecule has 11 heteroatoms. The zero-order valence-corrected chi connectivity index (χ0v) is 33.3. The zero-order valence-electron chi connectivity index (χ0n) is 31.7. The molecule has 3 fully saturated rings. The first-order valence-electron chi connectivity index (χ1n) is 18.6. The summed E-state index contributed by atoms with van der Waals surface area (Å²) in [6, 6.07) is 12.7. The van der Waals surface area contributed by atoms with Gasteiger partial charge in [-0.05, 0) is 56.2 Å². The molecule has 10 atom stereocenters. The Morgan fingerprint density at radius 1 is 1.09 bits per heavy atom. The molecule has 1 N–H and O–H groups in total. The highest BCUT2D eigenvalue weighted by Crippen LogP contribution is 2.61. The van der Waals surface area contributed by atoms with E-state index in [0.29, 0.717) is 24.8 Å². The number of fused-ring (bicyclic) bond motifs is 1. The summed E-state index contributed by atoms with van der Waals surface area (Å²) in [5.74, 6) is -3.77. The fourth-order valence-corrected chi connectivity index (χ4v) is 9.65. The van der Waals surface area contributed by atoms with Gasteiger partial charge in [-0.2, -0.15) is 0 Å². The smallest absolute Gasteiger partial charge is 0.313 e. The van der Waals surface area contributed by atoms with Crippen LogP contribution in [0, 0.1) is 31.6 Å². The van der Waals surface area contributed by atoms with Crippen molar-refractivity contribution in [3.05, 3.63) is 90.5 Å². The van der Waals surface area contributed by atoms with Crippen LogP contribution in [-0.2, 0) is 28.7 Å². The standard InChI is InChI=1S/C42H54BrN3O7/c1-9-12-21-32(48)44(8)28(7)36(29-19-14-13-15-20-29)52-41(51)33-34-39(49)46(31(24-47)25(4)11-3)38(42(34)23-30(43)37(33)53-42)40(50)45(22-10-2)35-26(5)17-16-18-27(35)6/h9-10,13-20,25,28,30-31,33-34,36-38,47H,1-2,11-12,21-24H2,3-8H3/t25-,28-,30?,31-,33+,34-,36+,37+,38+,42-/m0/s1. The number of anilines is 1. The molecule has 3 aliphatic rings. The molecule has 2 aromatic carbocycles. The summed E-state index contributed by atoms with van der Waals surface area (Å²) in [6.07, 6.45) is 3.46. The van der Waals surface area contributed by atoms with Crippen molar-refractivity contribution >= 4 is 45.3 Å². The van der Waals surface area contributed by atoms with Gasteiger partial charge in [0, 0.05) is 30.5 Å². The number of aliphatic hydroxyl groups is 1. The SMILES string of the molecule is C=CCCC(=O)N(C)[C@@H](C)[C@@H](OC(=O)[C@H]1[C@@H]2O[C@@]3(CC2Br)[C@@H]1C(=O)N([C@@H](CO)[C@@H](C)CC)[C@@H]3C(=O)N(CC=C)c1c(C)cccc1C)c1ccccc1. The highest BCUT2D eigenvalue weighted by molar-refractivity contribution is 9.09. The number of hydrogen-bond donors (Lipinski definition) is 1. The minimum atomic E-state index is -1.38. The van der Waals surface area contributed by atoms with E-state index in [4.69, 9.17) is 9.47 Å². The van der Waals surface area contributed by atoms with E-state index in [9.17, 15) is 14.7 Å². The first-order valence-corrected chi connectivity index (χ1v) is 19.6. The number of nitrogens with zero attached hydrogens (tertiary/aromatic N) is 3. The highest BCUT2D eigenvalue weighted by atomic mass is 79.9. The number of alkyl halides is 1. The lowest BCUT2D eigenvalue weighted by molar-refractivity contribution is -0.165. The normalized spacial score (nSPS) is 26.7. The maximum absolute atomic E-state index is 15.2. The Bertz CT molecular complexity index is 1680. The second-order valence-electron chi connectivity index (χ2n) is 14.9. The predicted molar refractivity (Wildman–Crippen MR) is 208 cm³/mol. The van der Waals surface area contributed by atoms with Gasteiger partial charge in [-0.25, -0.2) is 0 Å². The van der Waals surface area contributed by atoms with Crippen LogP contribution >= 0.6 is 15.9 Å². The molecular formula is C42H54BrN3O7. The van der Waals surface area contributed by atoms with E-state index in [-0.39, 0.29) is 42.1 Å². The molecule has 1 unspecified atom stereocenters. The second kappa shape index (κ2) is 16.7. The summed E-state index contributed by atoms with van der Waals surface area (Å²) in [5, 5.41) is 10.9. The topological polar surface area (TPSA) is 117 Å². The minimum absolute atomic E-state index is 0.117. The Balaban J connectivity index is 1.59. The zero-order chi connectivity index (χ0) is 38.8. The fraction of sp³-hybridized carbons (Fsp3) is 0.524. The molecular weight excluding hydrogens is 738 g/mol. The average molecular weight is 793 g/mol. The van der Waals surface area contributed by atoms with Crippen molar-refractivity contribution in [3.8, 4) is 0 Å². The van der Waals surface area contributed by atoms with Gasteiger partial charge in [0.15, 0.2) is 0 Å². The number of carbonyl (C=O) groups excluding carboxylic acids is 4. The lowest BCUT2D eigenvalue weighted by atomic mass is 9.70. The molecule has 3 aliphatic heterocycles. The Morgan fingerprint density at radius 3 is 2.34 bits per heavy atom. The van der Waals surface area contributed by atoms with Gasteiger partial charge in [-0.15, -0.1) is 13.2 Å². The van der Waals surface area contributed by atoms with E-state index in [2.05, 4.69) is 29.1 Å². The number of benzene rings is 2. The van der Waals surface area contributed by atoms with Gasteiger partial charge in [0.1, 0.15) is 17.7 Å². The first kappa shape index (κ1) is 40.4. The minimum Gasteiger partial charge on any atom is -0.455 e. The number of likely N-dealkylation sites (tertiary alicyclic amines) is 1. The number of ether oxygens (including phenoxy) is 2. The Morgan fingerprint density at radius 2 is 1.75 bits per heavy atom. The van der Waals surface area contributed by atoms with Crippen LogP contribution in [-0.4, -0.2) is 93.5 Å². The van der Waals surface area contributed by atoms with Crippen LogP contribution in [0.25, 0.3) is 0 Å². The highest BCUT2D eigenvalue weighted by Gasteiger charge is 2.78. The molecule has 53 heavy (non-hydrogen) atoms. The number of rotatable bonds is 16. The lowest BCUT2D eigenvalue weighted by Gasteiger charge is -2.41. The van der Waals surface area contributed by atoms with E-state index in [1.165, 1.54) is 4.90 Å². The monoisotopic (exact) mass is 791 g/mol. The molecule has 2 bridgehead atoms. The van der Waals surface area contributed by atoms with E-state index in [1.807, 2.05) is 83.1 Å². The van der Waals surface area contributed by atoms with E-state index in [1.54, 1.807) is 29.0 Å². The third kappa shape index (κ3) is 7.24. The number of aryl methyl sites for hydroxylation is 2. The van der Waals surface area contributed by atoms with Crippen molar-refractivity contribution in [1.82, 2.24) is 9.80 Å². The largest absolute Gasteiger partial charge is 0.455 e. The van der Waals surface area contributed by atoms with Gasteiger partial charge in [-0.1, -0.05) is 96.9 Å². The van der Waals surface area contributed by atoms with Crippen molar-refractivity contribution in [2.45, 2.75) is 101 Å². The van der Waals surface area contributed by atoms with Crippen molar-refractivity contribution in [2.24, 2.45) is 17.8 Å². The fourth-order valence-electron chi connectivity index (χ4n) is 8.71. The number of aliphatic hydroxyl groups excluding tert-OH is 1. The number of esters is 1. The quantitative estimate of drug-likeness (QED) is 0.125. The molecule has 0 aliphatic carbocycles. The summed E-state index contributed by atoms with van der Waals surface area (Å²) >= 11 is 3.78. The number of allylic oxidation sites excluding steroid dienone is 1. The van der Waals surface area contributed by atoms with Crippen molar-refractivity contribution in [2.75, 3.05) is 25.1 Å². The Labute approximate surface area is 322 Å². The van der Waals surface area contributed by atoms with Crippen molar-refractivity contribution < 1.29 is 33.8 Å². The van der Waals surface area contributed by atoms with Crippen LogP contribution in [0.3, 0.4) is 0 Å². The molecule has 0 radical (unpaired) electrons. The molecule has 286 valence electrons. The van der Waals surface area contributed by atoms with E-state index in [0.717, 1.165) is 16.8 Å². The maximum atomic E-state index is 15.2. The van der Waals surface area contributed by atoms with Gasteiger partial charge < -0.3 is 29.3 Å². The van der Waals surface area contributed by atoms with Crippen molar-refractivity contribution in [1.29, 1.82) is 0 Å². The third-order valence-corrected chi connectivity index (χ3v) is 12.6. The van der Waals surface area contributed by atoms with Crippen LogP contribution < -0.4 is 4.90 Å². The Hall–Kier alpha value is -3.80. The third-order valence-electron chi connectivity index (χ3n) is 11.7. The van der Waals surface area contributed by atoms with Gasteiger partial charge >= 0.3 is 5.97 Å². The van der Waals surface area contributed by atoms with Crippen LogP contribution in [0.1, 0.15) is 69.2 Å². The summed E-state index contributed by atoms with van der Waals surface area (Å²) in [4.78, 5) is 62.5. The summed E-state index contributed by atoms with van der Waals surface area (Å²) in [7, 11) is 1.69. The van der Waals surface area contributed by atoms with Gasteiger partial charge in [0.25, 0.3) is 5.91 Å². The molecule has 0 saturated carbocycles. The van der Waals surface area contributed by atoms with Crippen LogP contribution in [0.5, 0.6) is 0 Å². The summed E-state index contributed by atoms with van der Waals surface area (Å²) in [6.45, 7) is 17.1. The molecule has 3 saturated heterocycles. The summed E-state index contributed by atoms with van der Waals surface area (Å²) < 4.78 is 13.2. The van der Waals surface area contributed by atoms with E-state index < -0.39 is 59.6 Å². The number of hydrogen-bond acceptors (Lipinski definition) is 7. The van der Waals surface area contributed by atoms with Crippen LogP contribution in [0.2, 0.25) is 0 Å². The maximum Gasteiger partial charge on any atom is 0.313 e. The van der Waals surface area contributed by atoms with Crippen LogP contribution in [0.15, 0.2) is 73.8 Å². The van der Waals surface area contributed by atoms with E-state index >= 15 is 9.59 Å². The predicted octanol–water partition coefficient (Wildman–Crippen LogP) is 6.08. The number of para-hydroxylation sites is 1. The number of likely N-dealkylation sites (N-methyl/N-ethyl adjacent to an activating group) is 1. The Kier molecular flexibility index (Phi) is 12.7. The lowest BCUT2D eigenvalue weighted by Crippen LogP contribution is -2.60. The average Bonchev–Trinajstić information content (AvgIpc) is 3.75. The van der Waals surface area contributed by atoms with Gasteiger partial charge in [-0.3, -0.25) is 19.2 Å². The summed E-state index contributed by atoms with van der Waals surface area (Å²) in [5.41, 5.74) is 1.81. The molecule has 2 aromatic rings. The van der Waals surface area contributed by atoms with Crippen molar-refractivity contribution in [3.63, 3.8) is 0 Å². The molecule has 10 nitrogen and oxygen atoms in total. The second-order valence-corrected chi connectivity index (χ2v) is 16.0. The van der Waals surface area contributed by atoms with Crippen LogP contribution in [0.4, 0.5) is 5.69 Å². The number of amides is 3. The van der Waals surface area contributed by atoms with Gasteiger partial charge in [0.2, 0.25) is 11.8 Å². The molecule has 3 heterocycles. The number of carbonyl (C=O) groups is 4. The molecule has 1 spiro atoms. The molecule has 5 rings (SSSR count). The number of halogens is 1.